The number of nitrogens with zero attached hydrogens (tertiary/aromatic N) is 3. The molecule has 3 N–H and O–H groups in total. The van der Waals surface area contributed by atoms with E-state index in [1.165, 1.54) is 0 Å². The number of nitrogen functional groups attached to an aromatic ring is 1. The van der Waals surface area contributed by atoms with Crippen LogP contribution in [0, 0.1) is 0 Å². The van der Waals surface area contributed by atoms with Gasteiger partial charge >= 0.3 is 0 Å². The number of ketones is 1. The third-order valence-corrected chi connectivity index (χ3v) is 4.29. The van der Waals surface area contributed by atoms with Crippen LogP contribution in [-0.4, -0.2) is 26.5 Å². The van der Waals surface area contributed by atoms with Gasteiger partial charge in [0.05, 0.1) is 5.56 Å². The zero-order valence-electron chi connectivity index (χ0n) is 15.3. The van der Waals surface area contributed by atoms with Gasteiger partial charge in [-0.05, 0) is 18.2 Å². The number of para-hydroxylation sites is 1. The predicted octanol–water partition coefficient (Wildman–Crippen LogP) is 3.52. The summed E-state index contributed by atoms with van der Waals surface area (Å²) in [5, 5.41) is 7.16. The number of carbonyl (C=O) groups is 2. The van der Waals surface area contributed by atoms with E-state index in [0.29, 0.717) is 5.56 Å². The number of hydrogen-bond donors (Lipinski definition) is 2. The number of aromatic nitrogens is 3. The molecule has 0 radical (unpaired) electrons. The predicted molar refractivity (Wildman–Crippen MR) is 110 cm³/mol. The van der Waals surface area contributed by atoms with E-state index in [1.54, 1.807) is 48.5 Å². The van der Waals surface area contributed by atoms with Crippen LogP contribution in [0.15, 0.2) is 84.9 Å². The number of rotatable bonds is 5. The van der Waals surface area contributed by atoms with Crippen molar-refractivity contribution in [3.8, 4) is 0 Å². The van der Waals surface area contributed by atoms with Gasteiger partial charge in [-0.1, -0.05) is 66.7 Å². The average molecular weight is 383 g/mol. The van der Waals surface area contributed by atoms with Crippen molar-refractivity contribution in [3.63, 3.8) is 0 Å². The third-order valence-electron chi connectivity index (χ3n) is 4.29. The molecule has 0 spiro atoms. The van der Waals surface area contributed by atoms with E-state index in [1.807, 2.05) is 36.4 Å². The summed E-state index contributed by atoms with van der Waals surface area (Å²) in [6, 6.07) is 24.6. The largest absolute Gasteiger partial charge is 0.368 e. The first-order valence-corrected chi connectivity index (χ1v) is 8.91. The molecule has 4 aromatic rings. The van der Waals surface area contributed by atoms with Gasteiger partial charge in [0.25, 0.3) is 5.91 Å². The Kier molecular flexibility index (Phi) is 4.86. The number of benzene rings is 3. The van der Waals surface area contributed by atoms with Gasteiger partial charge in [0.15, 0.2) is 5.78 Å². The molecule has 0 atom stereocenters. The zero-order valence-corrected chi connectivity index (χ0v) is 15.3. The molecule has 29 heavy (non-hydrogen) atoms. The number of nitrogens with two attached hydrogens (primary N) is 1. The van der Waals surface area contributed by atoms with Crippen LogP contribution in [-0.2, 0) is 0 Å². The van der Waals surface area contributed by atoms with Gasteiger partial charge in [0.2, 0.25) is 11.9 Å². The molecule has 0 aliphatic rings. The second kappa shape index (κ2) is 7.77. The smallest absolute Gasteiger partial charge is 0.282 e. The second-order valence-corrected chi connectivity index (χ2v) is 6.24. The highest BCUT2D eigenvalue weighted by Gasteiger charge is 2.22. The van der Waals surface area contributed by atoms with Gasteiger partial charge in [-0.25, -0.2) is 0 Å². The molecule has 3 aromatic carbocycles. The maximum absolute atomic E-state index is 13.1. The maximum Gasteiger partial charge on any atom is 0.282 e. The minimum Gasteiger partial charge on any atom is -0.368 e. The fraction of sp³-hybridized carbons (Fsp3) is 0. The van der Waals surface area contributed by atoms with E-state index in [2.05, 4.69) is 15.4 Å². The van der Waals surface area contributed by atoms with Crippen LogP contribution in [0.4, 0.5) is 17.6 Å². The fourth-order valence-corrected chi connectivity index (χ4v) is 2.90. The van der Waals surface area contributed by atoms with Crippen LogP contribution < -0.4 is 11.1 Å². The van der Waals surface area contributed by atoms with E-state index in [4.69, 9.17) is 5.73 Å². The van der Waals surface area contributed by atoms with Gasteiger partial charge < -0.3 is 11.1 Å². The Balaban J connectivity index is 1.67. The quantitative estimate of drug-likeness (QED) is 0.511. The lowest BCUT2D eigenvalue weighted by Crippen LogP contribution is -2.19. The highest BCUT2D eigenvalue weighted by atomic mass is 16.2. The van der Waals surface area contributed by atoms with Crippen molar-refractivity contribution in [2.24, 2.45) is 0 Å². The van der Waals surface area contributed by atoms with Crippen molar-refractivity contribution in [2.75, 3.05) is 11.1 Å². The highest BCUT2D eigenvalue weighted by Crippen LogP contribution is 2.19. The summed E-state index contributed by atoms with van der Waals surface area (Å²) in [6.07, 6.45) is 0. The van der Waals surface area contributed by atoms with Gasteiger partial charge in [0, 0.05) is 16.8 Å². The van der Waals surface area contributed by atoms with Crippen LogP contribution in [0.3, 0.4) is 0 Å². The van der Waals surface area contributed by atoms with Crippen LogP contribution in [0.1, 0.15) is 26.3 Å². The second-order valence-electron chi connectivity index (χ2n) is 6.24. The van der Waals surface area contributed by atoms with Crippen molar-refractivity contribution in [2.45, 2.75) is 0 Å². The normalized spacial score (nSPS) is 10.5. The van der Waals surface area contributed by atoms with Crippen molar-refractivity contribution < 1.29 is 9.59 Å². The minimum absolute atomic E-state index is 0.0737. The summed E-state index contributed by atoms with van der Waals surface area (Å²) in [7, 11) is 0. The number of hydrogen-bond acceptors (Lipinski definition) is 6. The number of nitrogens with one attached hydrogen (secondary N) is 1. The lowest BCUT2D eigenvalue weighted by atomic mass is 9.98. The lowest BCUT2D eigenvalue weighted by Gasteiger charge is -2.08. The van der Waals surface area contributed by atoms with Crippen molar-refractivity contribution in [1.82, 2.24) is 14.8 Å². The molecule has 4 rings (SSSR count). The maximum atomic E-state index is 13.1. The average Bonchev–Trinajstić information content (AvgIpc) is 3.14. The first kappa shape index (κ1) is 18.1. The molecule has 0 aliphatic carbocycles. The van der Waals surface area contributed by atoms with Gasteiger partial charge in [-0.2, -0.15) is 9.67 Å². The summed E-state index contributed by atoms with van der Waals surface area (Å²) < 4.78 is 0.988. The van der Waals surface area contributed by atoms with Crippen molar-refractivity contribution in [3.05, 3.63) is 102 Å². The molecule has 0 amide bonds. The van der Waals surface area contributed by atoms with Crippen LogP contribution >= 0.6 is 0 Å². The van der Waals surface area contributed by atoms with Crippen molar-refractivity contribution >= 4 is 29.3 Å². The molecule has 7 nitrogen and oxygen atoms in total. The topological polar surface area (TPSA) is 103 Å². The molecular formula is C22H17N5O2. The Hall–Kier alpha value is -4.26. The summed E-state index contributed by atoms with van der Waals surface area (Å²) in [6.45, 7) is 0. The molecule has 0 unspecified atom stereocenters. The molecular weight excluding hydrogens is 366 g/mol. The number of anilines is 3. The molecule has 1 aromatic heterocycles. The standard InChI is InChI=1S/C22H17N5O2/c23-21-25-22(24-16-11-5-2-6-12-16)26-27(21)20(29)18-14-8-7-13-17(18)19(28)15-9-3-1-4-10-15/h1-14H,(H3,23,24,25,26). The van der Waals surface area contributed by atoms with Crippen molar-refractivity contribution in [1.29, 1.82) is 0 Å². The Bertz CT molecular complexity index is 1170. The summed E-state index contributed by atoms with van der Waals surface area (Å²) in [5.41, 5.74) is 7.64. The van der Waals surface area contributed by atoms with E-state index in [9.17, 15) is 9.59 Å². The van der Waals surface area contributed by atoms with Crippen LogP contribution in [0.5, 0.6) is 0 Å². The molecule has 0 saturated heterocycles. The summed E-state index contributed by atoms with van der Waals surface area (Å²) in [4.78, 5) is 30.1. The van der Waals surface area contributed by atoms with E-state index >= 15 is 0 Å². The molecule has 0 fully saturated rings. The third kappa shape index (κ3) is 3.74. The number of carbonyl (C=O) groups excluding carboxylic acids is 2. The van der Waals surface area contributed by atoms with Gasteiger partial charge in [0.1, 0.15) is 0 Å². The highest BCUT2D eigenvalue weighted by molar-refractivity contribution is 6.15. The van der Waals surface area contributed by atoms with Gasteiger partial charge in [-0.3, -0.25) is 9.59 Å². The van der Waals surface area contributed by atoms with Crippen LogP contribution in [0.2, 0.25) is 0 Å². The van der Waals surface area contributed by atoms with Crippen LogP contribution in [0.25, 0.3) is 0 Å². The first-order chi connectivity index (χ1) is 14.1. The molecule has 1 heterocycles. The van der Waals surface area contributed by atoms with E-state index < -0.39 is 5.91 Å². The molecule has 0 saturated carbocycles. The molecule has 7 heteroatoms. The van der Waals surface area contributed by atoms with Gasteiger partial charge in [-0.15, -0.1) is 5.10 Å². The molecule has 142 valence electrons. The lowest BCUT2D eigenvalue weighted by molar-refractivity contribution is 0.0937. The minimum atomic E-state index is -0.531. The molecule has 0 bridgehead atoms. The Morgan fingerprint density at radius 2 is 1.38 bits per heavy atom. The Labute approximate surface area is 166 Å². The van der Waals surface area contributed by atoms with E-state index in [0.717, 1.165) is 10.4 Å². The van der Waals surface area contributed by atoms with E-state index in [-0.39, 0.29) is 28.8 Å². The summed E-state index contributed by atoms with van der Waals surface area (Å²) in [5.74, 6) is -0.670. The summed E-state index contributed by atoms with van der Waals surface area (Å²) >= 11 is 0. The SMILES string of the molecule is Nc1nc(Nc2ccccc2)nn1C(=O)c1ccccc1C(=O)c1ccccc1. The Morgan fingerprint density at radius 3 is 2.07 bits per heavy atom. The Morgan fingerprint density at radius 1 is 0.793 bits per heavy atom. The first-order valence-electron chi connectivity index (χ1n) is 8.91. The molecule has 0 aliphatic heterocycles. The monoisotopic (exact) mass is 383 g/mol. The zero-order chi connectivity index (χ0) is 20.2. The fourth-order valence-electron chi connectivity index (χ4n) is 2.90.